The molecule has 1 aromatic heterocycles. The number of nitro groups is 1. The van der Waals surface area contributed by atoms with Crippen LogP contribution in [0.15, 0.2) is 42.9 Å². The zero-order valence-electron chi connectivity index (χ0n) is 7.83. The van der Waals surface area contributed by atoms with Gasteiger partial charge in [0.05, 0.1) is 4.92 Å². The second-order valence-electron chi connectivity index (χ2n) is 3.05. The van der Waals surface area contributed by atoms with Crippen molar-refractivity contribution in [2.45, 2.75) is 0 Å². The van der Waals surface area contributed by atoms with Gasteiger partial charge in [0, 0.05) is 29.4 Å². The highest BCUT2D eigenvalue weighted by atomic mass is 16.6. The normalized spacial score (nSPS) is 10.9. The van der Waals surface area contributed by atoms with Crippen molar-refractivity contribution in [1.82, 2.24) is 4.98 Å². The Balaban J connectivity index is 2.56. The van der Waals surface area contributed by atoms with Crippen LogP contribution in [0.4, 0.5) is 0 Å². The van der Waals surface area contributed by atoms with Crippen LogP contribution in [0.5, 0.6) is 0 Å². The molecule has 1 aromatic carbocycles. The van der Waals surface area contributed by atoms with Crippen LogP contribution in [-0.2, 0) is 0 Å². The minimum atomic E-state index is -0.484. The molecule has 4 nitrogen and oxygen atoms in total. The lowest BCUT2D eigenvalue weighted by Gasteiger charge is -1.99. The second kappa shape index (κ2) is 3.88. The standard InChI is InChI=1S/C11H8N2O2/c14-13(15)6-5-10-8-12-7-9-3-1-2-4-11(9)10/h1-8H/b6-5+. The Morgan fingerprint density at radius 1 is 1.27 bits per heavy atom. The fourth-order valence-corrected chi connectivity index (χ4v) is 1.41. The van der Waals surface area contributed by atoms with E-state index in [0.29, 0.717) is 0 Å². The molecule has 1 heterocycles. The third-order valence-electron chi connectivity index (χ3n) is 2.07. The van der Waals surface area contributed by atoms with Gasteiger partial charge in [-0.3, -0.25) is 15.1 Å². The fraction of sp³-hybridized carbons (Fsp3) is 0. The highest BCUT2D eigenvalue weighted by Gasteiger charge is 1.98. The molecular formula is C11H8N2O2. The van der Waals surface area contributed by atoms with E-state index in [0.717, 1.165) is 22.5 Å². The molecule has 0 atom stereocenters. The van der Waals surface area contributed by atoms with Crippen LogP contribution in [0.1, 0.15) is 5.56 Å². The summed E-state index contributed by atoms with van der Waals surface area (Å²) in [6.45, 7) is 0. The molecule has 2 aromatic rings. The molecular weight excluding hydrogens is 192 g/mol. The molecule has 0 unspecified atom stereocenters. The average Bonchev–Trinajstić information content (AvgIpc) is 2.26. The van der Waals surface area contributed by atoms with Crippen molar-refractivity contribution < 1.29 is 4.92 Å². The lowest BCUT2D eigenvalue weighted by Crippen LogP contribution is -1.85. The van der Waals surface area contributed by atoms with Gasteiger partial charge < -0.3 is 0 Å². The third-order valence-corrected chi connectivity index (χ3v) is 2.07. The maximum absolute atomic E-state index is 10.2. The third kappa shape index (κ3) is 1.99. The maximum atomic E-state index is 10.2. The Morgan fingerprint density at radius 3 is 2.87 bits per heavy atom. The number of hydrogen-bond donors (Lipinski definition) is 0. The number of rotatable bonds is 2. The highest BCUT2D eigenvalue weighted by molar-refractivity contribution is 5.89. The first kappa shape index (κ1) is 9.33. The quantitative estimate of drug-likeness (QED) is 0.552. The molecule has 2 rings (SSSR count). The van der Waals surface area contributed by atoms with Crippen LogP contribution < -0.4 is 0 Å². The summed E-state index contributed by atoms with van der Waals surface area (Å²) in [4.78, 5) is 13.7. The van der Waals surface area contributed by atoms with Gasteiger partial charge in [0.2, 0.25) is 6.20 Å². The lowest BCUT2D eigenvalue weighted by atomic mass is 10.1. The van der Waals surface area contributed by atoms with Crippen LogP contribution in [0.25, 0.3) is 16.8 Å². The summed E-state index contributed by atoms with van der Waals surface area (Å²) in [5.41, 5.74) is 0.754. The zero-order valence-corrected chi connectivity index (χ0v) is 7.83. The van der Waals surface area contributed by atoms with Crippen molar-refractivity contribution in [2.24, 2.45) is 0 Å². The van der Waals surface area contributed by atoms with E-state index in [2.05, 4.69) is 4.98 Å². The van der Waals surface area contributed by atoms with Gasteiger partial charge in [-0.05, 0) is 5.39 Å². The number of fused-ring (bicyclic) bond motifs is 1. The molecule has 4 heteroatoms. The van der Waals surface area contributed by atoms with Crippen molar-refractivity contribution in [3.63, 3.8) is 0 Å². The van der Waals surface area contributed by atoms with Gasteiger partial charge >= 0.3 is 0 Å². The molecule has 0 aliphatic rings. The van der Waals surface area contributed by atoms with E-state index in [1.807, 2.05) is 24.3 Å². The number of aromatic nitrogens is 1. The van der Waals surface area contributed by atoms with E-state index in [4.69, 9.17) is 0 Å². The molecule has 0 saturated carbocycles. The molecule has 0 fully saturated rings. The van der Waals surface area contributed by atoms with Crippen molar-refractivity contribution in [3.8, 4) is 0 Å². The predicted octanol–water partition coefficient (Wildman–Crippen LogP) is 2.48. The zero-order chi connectivity index (χ0) is 10.7. The Kier molecular flexibility index (Phi) is 2.41. The Morgan fingerprint density at radius 2 is 2.07 bits per heavy atom. The minimum Gasteiger partial charge on any atom is -0.263 e. The minimum absolute atomic E-state index is 0.484. The number of pyridine rings is 1. The van der Waals surface area contributed by atoms with Crippen molar-refractivity contribution in [1.29, 1.82) is 0 Å². The molecule has 0 aliphatic carbocycles. The van der Waals surface area contributed by atoms with Gasteiger partial charge in [0.25, 0.3) is 0 Å². The number of hydrogen-bond acceptors (Lipinski definition) is 3. The summed E-state index contributed by atoms with van der Waals surface area (Å²) in [7, 11) is 0. The summed E-state index contributed by atoms with van der Waals surface area (Å²) in [5, 5.41) is 12.1. The van der Waals surface area contributed by atoms with Gasteiger partial charge in [0.15, 0.2) is 0 Å². The predicted molar refractivity (Wildman–Crippen MR) is 57.8 cm³/mol. The van der Waals surface area contributed by atoms with Gasteiger partial charge in [0.1, 0.15) is 0 Å². The van der Waals surface area contributed by atoms with Crippen molar-refractivity contribution in [2.75, 3.05) is 0 Å². The summed E-state index contributed by atoms with van der Waals surface area (Å²) < 4.78 is 0. The SMILES string of the molecule is O=[N+]([O-])/C=C/c1cncc2ccccc12. The Bertz CT molecular complexity index is 530. The Hall–Kier alpha value is -2.23. The molecule has 0 N–H and O–H groups in total. The largest absolute Gasteiger partial charge is 0.263 e. The first-order valence-electron chi connectivity index (χ1n) is 4.42. The fourth-order valence-electron chi connectivity index (χ4n) is 1.41. The van der Waals surface area contributed by atoms with Gasteiger partial charge in [-0.15, -0.1) is 0 Å². The lowest BCUT2D eigenvalue weighted by molar-refractivity contribution is -0.400. The average molecular weight is 200 g/mol. The van der Waals surface area contributed by atoms with Gasteiger partial charge in [-0.1, -0.05) is 24.3 Å². The second-order valence-corrected chi connectivity index (χ2v) is 3.05. The topological polar surface area (TPSA) is 56.0 Å². The van der Waals surface area contributed by atoms with E-state index in [1.165, 1.54) is 6.08 Å². The first-order valence-corrected chi connectivity index (χ1v) is 4.42. The Labute approximate surface area is 86.0 Å². The summed E-state index contributed by atoms with van der Waals surface area (Å²) in [6.07, 6.45) is 5.72. The monoisotopic (exact) mass is 200 g/mol. The van der Waals surface area contributed by atoms with E-state index < -0.39 is 4.92 Å². The van der Waals surface area contributed by atoms with Crippen LogP contribution >= 0.6 is 0 Å². The molecule has 0 radical (unpaired) electrons. The van der Waals surface area contributed by atoms with Crippen molar-refractivity contribution >= 4 is 16.8 Å². The van der Waals surface area contributed by atoms with E-state index in [9.17, 15) is 10.1 Å². The summed E-state index contributed by atoms with van der Waals surface area (Å²) >= 11 is 0. The van der Waals surface area contributed by atoms with Crippen LogP contribution in [0.2, 0.25) is 0 Å². The number of nitrogens with zero attached hydrogens (tertiary/aromatic N) is 2. The molecule has 0 amide bonds. The van der Waals surface area contributed by atoms with E-state index in [-0.39, 0.29) is 0 Å². The first-order chi connectivity index (χ1) is 7.27. The smallest absolute Gasteiger partial charge is 0.235 e. The summed E-state index contributed by atoms with van der Waals surface area (Å²) in [6, 6.07) is 7.64. The number of benzene rings is 1. The molecule has 74 valence electrons. The van der Waals surface area contributed by atoms with Gasteiger partial charge in [-0.25, -0.2) is 0 Å². The van der Waals surface area contributed by atoms with Gasteiger partial charge in [-0.2, -0.15) is 0 Å². The van der Waals surface area contributed by atoms with Crippen molar-refractivity contribution in [3.05, 3.63) is 58.5 Å². The summed E-state index contributed by atoms with van der Waals surface area (Å²) in [5.74, 6) is 0. The van der Waals surface area contributed by atoms with Crippen LogP contribution in [0, 0.1) is 10.1 Å². The molecule has 0 saturated heterocycles. The highest BCUT2D eigenvalue weighted by Crippen LogP contribution is 2.17. The molecule has 0 bridgehead atoms. The molecule has 0 aliphatic heterocycles. The molecule has 15 heavy (non-hydrogen) atoms. The van der Waals surface area contributed by atoms with Crippen LogP contribution in [0.3, 0.4) is 0 Å². The molecule has 0 spiro atoms. The van der Waals surface area contributed by atoms with E-state index >= 15 is 0 Å². The van der Waals surface area contributed by atoms with Crippen LogP contribution in [-0.4, -0.2) is 9.91 Å². The maximum Gasteiger partial charge on any atom is 0.235 e. The van der Waals surface area contributed by atoms with E-state index in [1.54, 1.807) is 12.4 Å².